The second-order valence-corrected chi connectivity index (χ2v) is 7.11. The summed E-state index contributed by atoms with van der Waals surface area (Å²) in [6, 6.07) is 19.0. The van der Waals surface area contributed by atoms with E-state index in [1.807, 2.05) is 48.5 Å². The smallest absolute Gasteiger partial charge is 0.295 e. The van der Waals surface area contributed by atoms with E-state index in [0.29, 0.717) is 28.1 Å². The molecule has 3 aromatic carbocycles. The number of H-pyrrole nitrogens is 1. The van der Waals surface area contributed by atoms with Gasteiger partial charge in [-0.1, -0.05) is 24.3 Å². The fraction of sp³-hybridized carbons (Fsp3) is 0.167. The van der Waals surface area contributed by atoms with Crippen molar-refractivity contribution in [3.63, 3.8) is 0 Å². The highest BCUT2D eigenvalue weighted by atomic mass is 19.3. The standard InChI is InChI=1S/C24H21F2N3O3/c1-31-17-8-3-14(4-9-17)21(15-5-10-18(32-2)11-6-15)29-24(30)16-7-12-19-20(13-16)28-23(27-19)22(25)26/h3-13,21-22H,1-2H3,(H,27,28)(H,29,30). The molecular weight excluding hydrogens is 416 g/mol. The van der Waals surface area contributed by atoms with Crippen LogP contribution in [0.1, 0.15) is 39.8 Å². The van der Waals surface area contributed by atoms with Gasteiger partial charge in [0.25, 0.3) is 12.3 Å². The highest BCUT2D eigenvalue weighted by Crippen LogP contribution is 2.27. The maximum Gasteiger partial charge on any atom is 0.295 e. The Morgan fingerprint density at radius 2 is 1.47 bits per heavy atom. The van der Waals surface area contributed by atoms with Crippen molar-refractivity contribution >= 4 is 16.9 Å². The minimum absolute atomic E-state index is 0.328. The first-order chi connectivity index (χ1) is 15.5. The Labute approximate surface area is 183 Å². The first-order valence-electron chi connectivity index (χ1n) is 9.85. The lowest BCUT2D eigenvalue weighted by Crippen LogP contribution is -2.29. The van der Waals surface area contributed by atoms with Crippen LogP contribution in [0.25, 0.3) is 11.0 Å². The Kier molecular flexibility index (Phi) is 6.02. The minimum atomic E-state index is -2.71. The highest BCUT2D eigenvalue weighted by Gasteiger charge is 2.20. The second-order valence-electron chi connectivity index (χ2n) is 7.11. The number of carbonyl (C=O) groups excluding carboxylic acids is 1. The van der Waals surface area contributed by atoms with Gasteiger partial charge in [0.1, 0.15) is 11.5 Å². The highest BCUT2D eigenvalue weighted by molar-refractivity contribution is 5.97. The maximum absolute atomic E-state index is 13.1. The van der Waals surface area contributed by atoms with Crippen LogP contribution in [0.15, 0.2) is 66.7 Å². The van der Waals surface area contributed by atoms with Crippen LogP contribution in [-0.2, 0) is 0 Å². The largest absolute Gasteiger partial charge is 0.497 e. The number of fused-ring (bicyclic) bond motifs is 1. The van der Waals surface area contributed by atoms with Gasteiger partial charge in [-0.05, 0) is 53.6 Å². The van der Waals surface area contributed by atoms with Gasteiger partial charge in [-0.15, -0.1) is 0 Å². The summed E-state index contributed by atoms with van der Waals surface area (Å²) < 4.78 is 36.3. The van der Waals surface area contributed by atoms with E-state index in [9.17, 15) is 13.6 Å². The summed E-state index contributed by atoms with van der Waals surface area (Å²) in [6.07, 6.45) is -2.71. The molecule has 0 unspecified atom stereocenters. The molecule has 8 heteroatoms. The van der Waals surface area contributed by atoms with E-state index in [1.165, 1.54) is 6.07 Å². The van der Waals surface area contributed by atoms with Crippen LogP contribution in [-0.4, -0.2) is 30.1 Å². The number of hydrogen-bond donors (Lipinski definition) is 2. The molecule has 0 saturated heterocycles. The van der Waals surface area contributed by atoms with Gasteiger partial charge in [-0.3, -0.25) is 4.79 Å². The number of carbonyl (C=O) groups is 1. The van der Waals surface area contributed by atoms with E-state index in [0.717, 1.165) is 11.1 Å². The SMILES string of the molecule is COc1ccc(C(NC(=O)c2ccc3nc(C(F)F)[nH]c3c2)c2ccc(OC)cc2)cc1. The second kappa shape index (κ2) is 9.05. The number of nitrogens with one attached hydrogen (secondary N) is 2. The summed E-state index contributed by atoms with van der Waals surface area (Å²) in [5, 5.41) is 3.03. The fourth-order valence-corrected chi connectivity index (χ4v) is 3.44. The molecule has 2 N–H and O–H groups in total. The number of rotatable bonds is 7. The Balaban J connectivity index is 1.66. The number of hydrogen-bond acceptors (Lipinski definition) is 4. The molecule has 164 valence electrons. The van der Waals surface area contributed by atoms with Crippen molar-refractivity contribution in [1.29, 1.82) is 0 Å². The summed E-state index contributed by atoms with van der Waals surface area (Å²) in [5.74, 6) is 0.629. The van der Waals surface area contributed by atoms with Crippen LogP contribution in [0, 0.1) is 0 Å². The molecule has 4 rings (SSSR count). The van der Waals surface area contributed by atoms with Gasteiger partial charge >= 0.3 is 0 Å². The van der Waals surface area contributed by atoms with Crippen LogP contribution in [0.2, 0.25) is 0 Å². The van der Waals surface area contributed by atoms with Crippen LogP contribution in [0.5, 0.6) is 11.5 Å². The lowest BCUT2D eigenvalue weighted by molar-refractivity contribution is 0.0943. The fourth-order valence-electron chi connectivity index (χ4n) is 3.44. The summed E-state index contributed by atoms with van der Waals surface area (Å²) in [7, 11) is 3.17. The first kappa shape index (κ1) is 21.3. The Morgan fingerprint density at radius 3 is 1.97 bits per heavy atom. The van der Waals surface area contributed by atoms with Crippen molar-refractivity contribution < 1.29 is 23.0 Å². The number of aromatic nitrogens is 2. The van der Waals surface area contributed by atoms with E-state index in [2.05, 4.69) is 15.3 Å². The predicted octanol–water partition coefficient (Wildman–Crippen LogP) is 5.04. The molecule has 0 saturated carbocycles. The molecule has 0 fully saturated rings. The Bertz CT molecular complexity index is 1170. The third kappa shape index (κ3) is 4.39. The normalized spacial score (nSPS) is 11.2. The van der Waals surface area contributed by atoms with Crippen LogP contribution >= 0.6 is 0 Å². The van der Waals surface area contributed by atoms with Crippen molar-refractivity contribution in [3.05, 3.63) is 89.2 Å². The number of ether oxygens (including phenoxy) is 2. The number of benzene rings is 3. The average molecular weight is 437 g/mol. The van der Waals surface area contributed by atoms with Crippen LogP contribution < -0.4 is 14.8 Å². The summed E-state index contributed by atoms with van der Waals surface area (Å²) >= 11 is 0. The van der Waals surface area contributed by atoms with Crippen LogP contribution in [0.4, 0.5) is 8.78 Å². The number of methoxy groups -OCH3 is 2. The molecule has 1 aromatic heterocycles. The lowest BCUT2D eigenvalue weighted by atomic mass is 9.98. The van der Waals surface area contributed by atoms with E-state index >= 15 is 0 Å². The van der Waals surface area contributed by atoms with Gasteiger partial charge in [0.05, 0.1) is 31.3 Å². The molecule has 32 heavy (non-hydrogen) atoms. The zero-order valence-electron chi connectivity index (χ0n) is 17.4. The minimum Gasteiger partial charge on any atom is -0.497 e. The van der Waals surface area contributed by atoms with Crippen molar-refractivity contribution in [2.24, 2.45) is 0 Å². The third-order valence-electron chi connectivity index (χ3n) is 5.14. The summed E-state index contributed by atoms with van der Waals surface area (Å²) in [4.78, 5) is 19.5. The maximum atomic E-state index is 13.1. The van der Waals surface area contributed by atoms with Crippen molar-refractivity contribution in [2.75, 3.05) is 14.2 Å². The first-order valence-corrected chi connectivity index (χ1v) is 9.85. The molecule has 0 radical (unpaired) electrons. The quantitative estimate of drug-likeness (QED) is 0.425. The van der Waals surface area contributed by atoms with Gasteiger partial charge < -0.3 is 19.8 Å². The van der Waals surface area contributed by atoms with E-state index in [-0.39, 0.29) is 5.91 Å². The zero-order chi connectivity index (χ0) is 22.7. The topological polar surface area (TPSA) is 76.2 Å². The molecule has 4 aromatic rings. The van der Waals surface area contributed by atoms with Crippen molar-refractivity contribution in [2.45, 2.75) is 12.5 Å². The number of halogens is 2. The molecule has 0 aliphatic rings. The van der Waals surface area contributed by atoms with Gasteiger partial charge in [-0.25, -0.2) is 13.8 Å². The number of alkyl halides is 2. The molecular formula is C24H21F2N3O3. The molecule has 0 atom stereocenters. The molecule has 0 aliphatic heterocycles. The predicted molar refractivity (Wildman–Crippen MR) is 116 cm³/mol. The molecule has 0 bridgehead atoms. The van der Waals surface area contributed by atoms with E-state index < -0.39 is 18.3 Å². The molecule has 1 heterocycles. The number of imidazole rings is 1. The van der Waals surface area contributed by atoms with Gasteiger partial charge in [0.2, 0.25) is 0 Å². The Morgan fingerprint density at radius 1 is 0.906 bits per heavy atom. The monoisotopic (exact) mass is 437 g/mol. The van der Waals surface area contributed by atoms with Crippen LogP contribution in [0.3, 0.4) is 0 Å². The Hall–Kier alpha value is -3.94. The van der Waals surface area contributed by atoms with Gasteiger partial charge in [0.15, 0.2) is 5.82 Å². The molecule has 0 aliphatic carbocycles. The number of aromatic amines is 1. The van der Waals surface area contributed by atoms with Crippen molar-refractivity contribution in [1.82, 2.24) is 15.3 Å². The van der Waals surface area contributed by atoms with Crippen molar-refractivity contribution in [3.8, 4) is 11.5 Å². The number of nitrogens with zero attached hydrogens (tertiary/aromatic N) is 1. The molecule has 6 nitrogen and oxygen atoms in total. The average Bonchev–Trinajstić information content (AvgIpc) is 3.26. The third-order valence-corrected chi connectivity index (χ3v) is 5.14. The summed E-state index contributed by atoms with van der Waals surface area (Å²) in [6.45, 7) is 0. The molecule has 0 spiro atoms. The van der Waals surface area contributed by atoms with E-state index in [4.69, 9.17) is 9.47 Å². The molecule has 1 amide bonds. The van der Waals surface area contributed by atoms with E-state index in [1.54, 1.807) is 26.4 Å². The lowest BCUT2D eigenvalue weighted by Gasteiger charge is -2.20. The van der Waals surface area contributed by atoms with Gasteiger partial charge in [0, 0.05) is 5.56 Å². The zero-order valence-corrected chi connectivity index (χ0v) is 17.4. The number of amides is 1. The van der Waals surface area contributed by atoms with Gasteiger partial charge in [-0.2, -0.15) is 0 Å². The summed E-state index contributed by atoms with van der Waals surface area (Å²) in [5.41, 5.74) is 2.78.